The predicted molar refractivity (Wildman–Crippen MR) is 62.7 cm³/mol. The number of nitrogens with one attached hydrogen (secondary N) is 2. The Kier molecular flexibility index (Phi) is 2.87. The van der Waals surface area contributed by atoms with Crippen LogP contribution in [-0.2, 0) is 4.79 Å². The van der Waals surface area contributed by atoms with E-state index < -0.39 is 0 Å². The zero-order valence-corrected chi connectivity index (χ0v) is 9.03. The molecule has 1 aromatic carbocycles. The largest absolute Gasteiger partial charge is 0.324 e. The molecule has 2 rings (SSSR count). The first-order valence-corrected chi connectivity index (χ1v) is 5.14. The van der Waals surface area contributed by atoms with Crippen molar-refractivity contribution in [2.24, 2.45) is 16.9 Å². The zero-order valence-electron chi connectivity index (χ0n) is 9.03. The SMILES string of the molecule is CC1CC(=O)NN=C1c1cccc(NN)c1. The van der Waals surface area contributed by atoms with Gasteiger partial charge in [-0.3, -0.25) is 10.6 Å². The number of benzene rings is 1. The summed E-state index contributed by atoms with van der Waals surface area (Å²) in [4.78, 5) is 11.1. The molecule has 1 atom stereocenters. The molecule has 5 heteroatoms. The lowest BCUT2D eigenvalue weighted by molar-refractivity contribution is -0.121. The fourth-order valence-corrected chi connectivity index (χ4v) is 1.77. The highest BCUT2D eigenvalue weighted by atomic mass is 16.2. The maximum atomic E-state index is 11.1. The molecule has 16 heavy (non-hydrogen) atoms. The molecule has 0 aliphatic carbocycles. The Labute approximate surface area is 93.7 Å². The van der Waals surface area contributed by atoms with E-state index in [1.54, 1.807) is 0 Å². The van der Waals surface area contributed by atoms with Gasteiger partial charge in [0.2, 0.25) is 5.91 Å². The number of amides is 1. The number of carbonyl (C=O) groups excluding carboxylic acids is 1. The summed E-state index contributed by atoms with van der Waals surface area (Å²) in [6.45, 7) is 1.99. The molecular weight excluding hydrogens is 204 g/mol. The van der Waals surface area contributed by atoms with E-state index in [1.807, 2.05) is 31.2 Å². The number of rotatable bonds is 2. The first kappa shape index (κ1) is 10.6. The van der Waals surface area contributed by atoms with Gasteiger partial charge in [0.25, 0.3) is 0 Å². The average molecular weight is 218 g/mol. The maximum absolute atomic E-state index is 11.1. The first-order chi connectivity index (χ1) is 7.70. The van der Waals surface area contributed by atoms with Crippen LogP contribution in [0.3, 0.4) is 0 Å². The van der Waals surface area contributed by atoms with E-state index >= 15 is 0 Å². The van der Waals surface area contributed by atoms with Crippen molar-refractivity contribution in [3.63, 3.8) is 0 Å². The quantitative estimate of drug-likeness (QED) is 0.508. The van der Waals surface area contributed by atoms with Crippen LogP contribution >= 0.6 is 0 Å². The lowest BCUT2D eigenvalue weighted by Gasteiger charge is -2.19. The van der Waals surface area contributed by atoms with Crippen LogP contribution in [0.4, 0.5) is 5.69 Å². The predicted octanol–water partition coefficient (Wildman–Crippen LogP) is 0.832. The zero-order chi connectivity index (χ0) is 11.5. The summed E-state index contributed by atoms with van der Waals surface area (Å²) in [5.74, 6) is 5.43. The molecule has 1 heterocycles. The number of hydrazone groups is 1. The molecule has 4 N–H and O–H groups in total. The minimum Gasteiger partial charge on any atom is -0.324 e. The maximum Gasteiger partial charge on any atom is 0.240 e. The van der Waals surface area contributed by atoms with Gasteiger partial charge in [-0.1, -0.05) is 19.1 Å². The van der Waals surface area contributed by atoms with Crippen LogP contribution in [0.1, 0.15) is 18.9 Å². The van der Waals surface area contributed by atoms with E-state index in [-0.39, 0.29) is 11.8 Å². The van der Waals surface area contributed by atoms with Crippen LogP contribution < -0.4 is 16.7 Å². The molecule has 1 aliphatic heterocycles. The molecule has 0 aromatic heterocycles. The molecule has 0 spiro atoms. The highest BCUT2D eigenvalue weighted by Crippen LogP contribution is 2.18. The van der Waals surface area contributed by atoms with E-state index in [9.17, 15) is 4.79 Å². The van der Waals surface area contributed by atoms with Gasteiger partial charge in [-0.05, 0) is 12.1 Å². The van der Waals surface area contributed by atoms with Crippen LogP contribution in [0.25, 0.3) is 0 Å². The van der Waals surface area contributed by atoms with E-state index in [0.717, 1.165) is 17.0 Å². The van der Waals surface area contributed by atoms with Gasteiger partial charge in [0.15, 0.2) is 0 Å². The molecule has 1 amide bonds. The topological polar surface area (TPSA) is 79.5 Å². The normalized spacial score (nSPS) is 20.0. The third-order valence-corrected chi connectivity index (χ3v) is 2.58. The van der Waals surface area contributed by atoms with Crippen LogP contribution in [-0.4, -0.2) is 11.6 Å². The molecule has 0 fully saturated rings. The van der Waals surface area contributed by atoms with Gasteiger partial charge in [-0.25, -0.2) is 5.43 Å². The van der Waals surface area contributed by atoms with Crippen LogP contribution in [0.2, 0.25) is 0 Å². The number of hydrogen-bond donors (Lipinski definition) is 3. The summed E-state index contributed by atoms with van der Waals surface area (Å²) in [5, 5.41) is 4.09. The molecule has 0 bridgehead atoms. The van der Waals surface area contributed by atoms with Crippen LogP contribution in [0.15, 0.2) is 29.4 Å². The lowest BCUT2D eigenvalue weighted by atomic mass is 9.94. The van der Waals surface area contributed by atoms with Crippen LogP contribution in [0, 0.1) is 5.92 Å². The van der Waals surface area contributed by atoms with E-state index in [1.165, 1.54) is 0 Å². The minimum absolute atomic E-state index is 0.0376. The van der Waals surface area contributed by atoms with Gasteiger partial charge in [0.05, 0.1) is 5.71 Å². The van der Waals surface area contributed by atoms with Gasteiger partial charge in [-0.15, -0.1) is 0 Å². The van der Waals surface area contributed by atoms with Gasteiger partial charge in [0.1, 0.15) is 0 Å². The van der Waals surface area contributed by atoms with Crippen molar-refractivity contribution >= 4 is 17.3 Å². The summed E-state index contributed by atoms with van der Waals surface area (Å²) in [6, 6.07) is 7.63. The Morgan fingerprint density at radius 2 is 2.38 bits per heavy atom. The van der Waals surface area contributed by atoms with Crippen molar-refractivity contribution in [1.29, 1.82) is 0 Å². The molecule has 1 unspecified atom stereocenters. The summed E-state index contributed by atoms with van der Waals surface area (Å²) in [6.07, 6.45) is 0.471. The molecule has 1 aliphatic rings. The van der Waals surface area contributed by atoms with Crippen molar-refractivity contribution in [2.45, 2.75) is 13.3 Å². The van der Waals surface area contributed by atoms with Crippen LogP contribution in [0.5, 0.6) is 0 Å². The third-order valence-electron chi connectivity index (χ3n) is 2.58. The van der Waals surface area contributed by atoms with Crippen molar-refractivity contribution in [3.05, 3.63) is 29.8 Å². The van der Waals surface area contributed by atoms with E-state index in [0.29, 0.717) is 6.42 Å². The van der Waals surface area contributed by atoms with Gasteiger partial charge in [-0.2, -0.15) is 5.10 Å². The Hall–Kier alpha value is -1.88. The van der Waals surface area contributed by atoms with Gasteiger partial charge < -0.3 is 5.43 Å². The molecule has 0 saturated heterocycles. The summed E-state index contributed by atoms with van der Waals surface area (Å²) < 4.78 is 0. The molecular formula is C11H14N4O. The van der Waals surface area contributed by atoms with E-state index in [4.69, 9.17) is 5.84 Å². The number of carbonyl (C=O) groups is 1. The highest BCUT2D eigenvalue weighted by molar-refractivity contribution is 6.06. The Morgan fingerprint density at radius 1 is 1.56 bits per heavy atom. The second-order valence-electron chi connectivity index (χ2n) is 3.86. The minimum atomic E-state index is -0.0376. The molecule has 1 aromatic rings. The first-order valence-electron chi connectivity index (χ1n) is 5.14. The summed E-state index contributed by atoms with van der Waals surface area (Å²) in [5.41, 5.74) is 7.77. The molecule has 84 valence electrons. The Bertz CT molecular complexity index is 441. The smallest absolute Gasteiger partial charge is 0.240 e. The number of nitrogens with zero attached hydrogens (tertiary/aromatic N) is 1. The Morgan fingerprint density at radius 3 is 3.06 bits per heavy atom. The second kappa shape index (κ2) is 4.32. The summed E-state index contributed by atoms with van der Waals surface area (Å²) in [7, 11) is 0. The number of anilines is 1. The lowest BCUT2D eigenvalue weighted by Crippen LogP contribution is -2.32. The standard InChI is InChI=1S/C11H14N4O/c1-7-5-10(16)14-15-11(7)8-3-2-4-9(6-8)13-12/h2-4,6-7,13H,5,12H2,1H3,(H,14,16). The molecule has 0 radical (unpaired) electrons. The average Bonchev–Trinajstić information content (AvgIpc) is 2.29. The third kappa shape index (κ3) is 2.04. The number of hydrazine groups is 1. The second-order valence-corrected chi connectivity index (χ2v) is 3.86. The Balaban J connectivity index is 2.32. The van der Waals surface area contributed by atoms with Crippen molar-refractivity contribution in [1.82, 2.24) is 5.43 Å². The van der Waals surface area contributed by atoms with Crippen molar-refractivity contribution < 1.29 is 4.79 Å². The molecule has 0 saturated carbocycles. The number of nitrogen functional groups attached to an aromatic ring is 1. The fraction of sp³-hybridized carbons (Fsp3) is 0.273. The van der Waals surface area contributed by atoms with Gasteiger partial charge >= 0.3 is 0 Å². The van der Waals surface area contributed by atoms with Crippen molar-refractivity contribution in [3.8, 4) is 0 Å². The highest BCUT2D eigenvalue weighted by Gasteiger charge is 2.21. The molecule has 5 nitrogen and oxygen atoms in total. The van der Waals surface area contributed by atoms with Crippen molar-refractivity contribution in [2.75, 3.05) is 5.43 Å². The fourth-order valence-electron chi connectivity index (χ4n) is 1.77. The number of hydrogen-bond acceptors (Lipinski definition) is 4. The summed E-state index contributed by atoms with van der Waals surface area (Å²) >= 11 is 0. The number of nitrogens with two attached hydrogens (primary N) is 1. The van der Waals surface area contributed by atoms with E-state index in [2.05, 4.69) is 16.0 Å². The van der Waals surface area contributed by atoms with Gasteiger partial charge in [0, 0.05) is 23.6 Å². The monoisotopic (exact) mass is 218 g/mol.